The molecule has 0 bridgehead atoms. The zero-order chi connectivity index (χ0) is 23.5. The summed E-state index contributed by atoms with van der Waals surface area (Å²) >= 11 is 0. The van der Waals surface area contributed by atoms with Gasteiger partial charge >= 0.3 is 17.8 Å². The molecule has 168 valence electrons. The van der Waals surface area contributed by atoms with Gasteiger partial charge in [-0.25, -0.2) is 13.9 Å². The number of benzene rings is 2. The number of nitrogens with zero attached hydrogens (tertiary/aromatic N) is 2. The van der Waals surface area contributed by atoms with Gasteiger partial charge in [0.05, 0.1) is 24.1 Å². The number of para-hydroxylation sites is 1. The molecular weight excluding hydrogens is 432 g/mol. The molecule has 1 aromatic heterocycles. The van der Waals surface area contributed by atoms with E-state index in [1.54, 1.807) is 35.6 Å². The fourth-order valence-electron chi connectivity index (χ4n) is 2.97. The van der Waals surface area contributed by atoms with E-state index in [2.05, 4.69) is 9.84 Å². The van der Waals surface area contributed by atoms with E-state index in [9.17, 15) is 27.2 Å². The van der Waals surface area contributed by atoms with Gasteiger partial charge in [-0.05, 0) is 31.2 Å². The first-order valence-electron chi connectivity index (χ1n) is 9.21. The van der Waals surface area contributed by atoms with E-state index in [-0.39, 0.29) is 5.82 Å². The van der Waals surface area contributed by atoms with Crippen LogP contribution in [0.3, 0.4) is 0 Å². The number of esters is 1. The van der Waals surface area contributed by atoms with Crippen LogP contribution in [0.4, 0.5) is 23.4 Å². The van der Waals surface area contributed by atoms with Gasteiger partial charge in [-0.1, -0.05) is 30.3 Å². The average molecular weight is 450 g/mol. The summed E-state index contributed by atoms with van der Waals surface area (Å²) in [6, 6.07) is 13.9. The third-order valence-electron chi connectivity index (χ3n) is 4.48. The fraction of sp³-hybridized carbons (Fsp3) is 0.190. The molecular formula is C21H18F4N4O3. The van der Waals surface area contributed by atoms with E-state index in [0.29, 0.717) is 11.4 Å². The monoisotopic (exact) mass is 450 g/mol. The maximum atomic E-state index is 14.3. The van der Waals surface area contributed by atoms with Crippen molar-refractivity contribution in [2.45, 2.75) is 18.8 Å². The van der Waals surface area contributed by atoms with Crippen LogP contribution in [0.15, 0.2) is 60.7 Å². The summed E-state index contributed by atoms with van der Waals surface area (Å²) in [7, 11) is 0.736. The third kappa shape index (κ3) is 4.27. The molecule has 0 aliphatic rings. The van der Waals surface area contributed by atoms with E-state index in [0.717, 1.165) is 23.9 Å². The topological polar surface area (TPSA) is 85.2 Å². The summed E-state index contributed by atoms with van der Waals surface area (Å²) in [4.78, 5) is 25.0. The molecule has 1 amide bonds. The standard InChI is InChI=1S/C21H18F4N4O3/c1-13-12-17(29(28-13)14-8-4-3-5-9-14)26-20(19(31)32-2,21(23,24)25)27-18(30)15-10-6-7-11-16(15)22/h3-12,26H,1-2H3,(H,27,30)/t20-/m1/s1. The molecule has 3 aromatic rings. The molecule has 3 rings (SSSR count). The number of halogens is 4. The van der Waals surface area contributed by atoms with Crippen LogP contribution in [0.2, 0.25) is 0 Å². The molecule has 1 heterocycles. The second kappa shape index (κ2) is 8.69. The Morgan fingerprint density at radius 1 is 1.03 bits per heavy atom. The number of aryl methyl sites for hydroxylation is 1. The Labute approximate surface area is 180 Å². The lowest BCUT2D eigenvalue weighted by Crippen LogP contribution is -2.69. The molecule has 2 N–H and O–H groups in total. The molecule has 0 unspecified atom stereocenters. The highest BCUT2D eigenvalue weighted by Gasteiger charge is 2.64. The molecule has 0 saturated carbocycles. The molecule has 0 aliphatic heterocycles. The smallest absolute Gasteiger partial charge is 0.441 e. The normalized spacial score (nSPS) is 13.2. The van der Waals surface area contributed by atoms with Gasteiger partial charge in [0.25, 0.3) is 5.91 Å². The van der Waals surface area contributed by atoms with Crippen LogP contribution < -0.4 is 10.6 Å². The molecule has 7 nitrogen and oxygen atoms in total. The molecule has 2 aromatic carbocycles. The van der Waals surface area contributed by atoms with Crippen molar-refractivity contribution in [3.8, 4) is 5.69 Å². The third-order valence-corrected chi connectivity index (χ3v) is 4.48. The van der Waals surface area contributed by atoms with Gasteiger partial charge in [-0.15, -0.1) is 0 Å². The van der Waals surface area contributed by atoms with Crippen molar-refractivity contribution in [1.29, 1.82) is 0 Å². The van der Waals surface area contributed by atoms with Crippen LogP contribution in [0, 0.1) is 12.7 Å². The van der Waals surface area contributed by atoms with Crippen LogP contribution in [-0.4, -0.2) is 40.6 Å². The zero-order valence-electron chi connectivity index (χ0n) is 16.9. The number of hydrogen-bond acceptors (Lipinski definition) is 5. The molecule has 0 radical (unpaired) electrons. The van der Waals surface area contributed by atoms with Crippen molar-refractivity contribution in [2.24, 2.45) is 0 Å². The highest BCUT2D eigenvalue weighted by Crippen LogP contribution is 2.34. The highest BCUT2D eigenvalue weighted by atomic mass is 19.4. The Kier molecular flexibility index (Phi) is 6.19. The predicted molar refractivity (Wildman–Crippen MR) is 107 cm³/mol. The molecule has 0 fully saturated rings. The summed E-state index contributed by atoms with van der Waals surface area (Å²) in [5.74, 6) is -4.64. The van der Waals surface area contributed by atoms with Crippen molar-refractivity contribution in [1.82, 2.24) is 15.1 Å². The number of alkyl halides is 3. The first-order valence-corrected chi connectivity index (χ1v) is 9.21. The van der Waals surface area contributed by atoms with Crippen molar-refractivity contribution in [3.63, 3.8) is 0 Å². The zero-order valence-corrected chi connectivity index (χ0v) is 16.9. The van der Waals surface area contributed by atoms with E-state index in [4.69, 9.17) is 0 Å². The Balaban J connectivity index is 2.12. The molecule has 0 aliphatic carbocycles. The van der Waals surface area contributed by atoms with Gasteiger partial charge < -0.3 is 15.4 Å². The van der Waals surface area contributed by atoms with Crippen molar-refractivity contribution < 1.29 is 31.9 Å². The van der Waals surface area contributed by atoms with Gasteiger partial charge in [0, 0.05) is 6.07 Å². The lowest BCUT2D eigenvalue weighted by Gasteiger charge is -2.35. The van der Waals surface area contributed by atoms with E-state index < -0.39 is 35.1 Å². The number of methoxy groups -OCH3 is 1. The number of hydrogen-bond donors (Lipinski definition) is 2. The Morgan fingerprint density at radius 2 is 1.66 bits per heavy atom. The Morgan fingerprint density at radius 3 is 2.25 bits per heavy atom. The van der Waals surface area contributed by atoms with Crippen LogP contribution in [0.1, 0.15) is 16.1 Å². The minimum atomic E-state index is -5.39. The van der Waals surface area contributed by atoms with Crippen LogP contribution in [0.5, 0.6) is 0 Å². The summed E-state index contributed by atoms with van der Waals surface area (Å²) in [5.41, 5.74) is -3.69. The van der Waals surface area contributed by atoms with Crippen molar-refractivity contribution in [3.05, 3.63) is 77.7 Å². The molecule has 32 heavy (non-hydrogen) atoms. The number of carbonyl (C=O) groups is 2. The molecule has 1 atom stereocenters. The molecule has 0 saturated heterocycles. The number of carbonyl (C=O) groups excluding carboxylic acids is 2. The van der Waals surface area contributed by atoms with Crippen LogP contribution >= 0.6 is 0 Å². The number of ether oxygens (including phenoxy) is 1. The van der Waals surface area contributed by atoms with Crippen LogP contribution in [0.25, 0.3) is 5.69 Å². The van der Waals surface area contributed by atoms with Crippen molar-refractivity contribution in [2.75, 3.05) is 12.4 Å². The maximum absolute atomic E-state index is 14.3. The lowest BCUT2D eigenvalue weighted by atomic mass is 10.1. The van der Waals surface area contributed by atoms with Gasteiger partial charge in [0.15, 0.2) is 0 Å². The highest BCUT2D eigenvalue weighted by molar-refractivity contribution is 5.99. The summed E-state index contributed by atoms with van der Waals surface area (Å²) in [5, 5.41) is 7.77. The first-order chi connectivity index (χ1) is 15.1. The minimum Gasteiger partial charge on any atom is -0.466 e. The minimum absolute atomic E-state index is 0.259. The van der Waals surface area contributed by atoms with Crippen LogP contribution in [-0.2, 0) is 9.53 Å². The summed E-state index contributed by atoms with van der Waals surface area (Å²) in [6.07, 6.45) is -5.39. The number of aromatic nitrogens is 2. The Hall–Kier alpha value is -3.89. The molecule has 0 spiro atoms. The Bertz CT molecular complexity index is 1130. The summed E-state index contributed by atoms with van der Waals surface area (Å²) in [6.45, 7) is 1.54. The second-order valence-electron chi connectivity index (χ2n) is 6.72. The predicted octanol–water partition coefficient (Wildman–Crippen LogP) is 3.59. The van der Waals surface area contributed by atoms with Crippen molar-refractivity contribution >= 4 is 17.7 Å². The quantitative estimate of drug-likeness (QED) is 0.341. The summed E-state index contributed by atoms with van der Waals surface area (Å²) < 4.78 is 62.5. The van der Waals surface area contributed by atoms with Gasteiger partial charge in [0.1, 0.15) is 11.6 Å². The van der Waals surface area contributed by atoms with E-state index in [1.165, 1.54) is 25.1 Å². The average Bonchev–Trinajstić information content (AvgIpc) is 3.12. The maximum Gasteiger partial charge on any atom is 0.441 e. The molecule has 11 heteroatoms. The number of rotatable bonds is 6. The van der Waals surface area contributed by atoms with E-state index in [1.807, 2.05) is 5.32 Å². The van der Waals surface area contributed by atoms with E-state index >= 15 is 0 Å². The fourth-order valence-corrected chi connectivity index (χ4v) is 2.97. The second-order valence-corrected chi connectivity index (χ2v) is 6.72. The van der Waals surface area contributed by atoms with Gasteiger partial charge in [-0.3, -0.25) is 4.79 Å². The lowest BCUT2D eigenvalue weighted by molar-refractivity contribution is -0.203. The van der Waals surface area contributed by atoms with Gasteiger partial charge in [-0.2, -0.15) is 18.3 Å². The number of anilines is 1. The van der Waals surface area contributed by atoms with Gasteiger partial charge in [0.2, 0.25) is 0 Å². The SMILES string of the molecule is COC(=O)[C@](NC(=O)c1ccccc1F)(Nc1cc(C)nn1-c1ccccc1)C(F)(F)F. The number of amides is 1. The largest absolute Gasteiger partial charge is 0.466 e. The number of nitrogens with one attached hydrogen (secondary N) is 2. The first kappa shape index (κ1) is 22.8.